The van der Waals surface area contributed by atoms with Crippen LogP contribution in [-0.4, -0.2) is 22.6 Å². The maximum absolute atomic E-state index is 14.3. The van der Waals surface area contributed by atoms with Gasteiger partial charge in [-0.3, -0.25) is 9.36 Å². The van der Waals surface area contributed by atoms with Gasteiger partial charge < -0.3 is 15.8 Å². The Balaban J connectivity index is 2.12. The standard InChI is InChI=1S/C20H17F2IN4O3/c1-27-18(26-15-4-3-12(23)9-14(15)21)13(20(29)30-2)8-11(19(27)28)7-10-5-6-25-17(24)16(10)22/h3-6,8-9,26H,7H2,1-2H3,(H2,24,25). The van der Waals surface area contributed by atoms with Crippen LogP contribution in [0.25, 0.3) is 0 Å². The van der Waals surface area contributed by atoms with Crippen LogP contribution >= 0.6 is 22.6 Å². The number of rotatable bonds is 5. The number of nitrogens with zero attached hydrogens (tertiary/aromatic N) is 2. The van der Waals surface area contributed by atoms with Crippen molar-refractivity contribution in [2.24, 2.45) is 7.05 Å². The summed E-state index contributed by atoms with van der Waals surface area (Å²) in [7, 11) is 2.61. The Morgan fingerprint density at radius 2 is 2.00 bits per heavy atom. The summed E-state index contributed by atoms with van der Waals surface area (Å²) in [6.07, 6.45) is 1.21. The summed E-state index contributed by atoms with van der Waals surface area (Å²) in [4.78, 5) is 28.9. The van der Waals surface area contributed by atoms with Crippen LogP contribution in [0.2, 0.25) is 0 Å². The van der Waals surface area contributed by atoms with E-state index in [-0.39, 0.29) is 40.4 Å². The van der Waals surface area contributed by atoms with Crippen molar-refractivity contribution in [1.29, 1.82) is 0 Å². The topological polar surface area (TPSA) is 99.2 Å². The van der Waals surface area contributed by atoms with Crippen LogP contribution in [0, 0.1) is 15.2 Å². The Morgan fingerprint density at radius 1 is 1.27 bits per heavy atom. The molecule has 3 N–H and O–H groups in total. The number of benzene rings is 1. The quantitative estimate of drug-likeness (QED) is 0.391. The second kappa shape index (κ2) is 8.78. The monoisotopic (exact) mass is 526 g/mol. The molecule has 0 radical (unpaired) electrons. The number of halogens is 3. The number of esters is 1. The SMILES string of the molecule is COC(=O)c1cc(Cc2ccnc(N)c2F)c(=O)n(C)c1Nc1ccc(I)cc1F. The fourth-order valence-electron chi connectivity index (χ4n) is 2.91. The van der Waals surface area contributed by atoms with Crippen molar-refractivity contribution in [2.75, 3.05) is 18.2 Å². The molecule has 0 aliphatic rings. The first-order valence-corrected chi connectivity index (χ1v) is 9.73. The van der Waals surface area contributed by atoms with Crippen LogP contribution in [0.3, 0.4) is 0 Å². The Morgan fingerprint density at radius 3 is 2.67 bits per heavy atom. The minimum absolute atomic E-state index is 0.00464. The highest BCUT2D eigenvalue weighted by molar-refractivity contribution is 14.1. The lowest BCUT2D eigenvalue weighted by Gasteiger charge is -2.17. The average Bonchev–Trinajstić information content (AvgIpc) is 2.71. The Hall–Kier alpha value is -3.02. The molecule has 0 bridgehead atoms. The number of hydrogen-bond acceptors (Lipinski definition) is 6. The summed E-state index contributed by atoms with van der Waals surface area (Å²) in [5, 5.41) is 2.78. The normalized spacial score (nSPS) is 10.7. The molecule has 30 heavy (non-hydrogen) atoms. The van der Waals surface area contributed by atoms with Crippen molar-refractivity contribution < 1.29 is 18.3 Å². The molecule has 0 fully saturated rings. The van der Waals surface area contributed by atoms with Gasteiger partial charge in [0.2, 0.25) is 0 Å². The third-order valence-electron chi connectivity index (χ3n) is 4.45. The minimum atomic E-state index is -0.741. The van der Waals surface area contributed by atoms with E-state index in [9.17, 15) is 18.4 Å². The lowest BCUT2D eigenvalue weighted by Crippen LogP contribution is -2.27. The first-order valence-electron chi connectivity index (χ1n) is 8.65. The van der Waals surface area contributed by atoms with Crippen molar-refractivity contribution in [3.8, 4) is 0 Å². The molecule has 10 heteroatoms. The summed E-state index contributed by atoms with van der Waals surface area (Å²) in [5.74, 6) is -2.27. The molecule has 0 aliphatic heterocycles. The van der Waals surface area contributed by atoms with E-state index in [1.165, 1.54) is 44.6 Å². The molecule has 0 amide bonds. The Labute approximate surface area is 184 Å². The van der Waals surface area contributed by atoms with Crippen LogP contribution in [0.5, 0.6) is 0 Å². The number of pyridine rings is 2. The number of carbonyl (C=O) groups is 1. The smallest absolute Gasteiger partial charge is 0.341 e. The summed E-state index contributed by atoms with van der Waals surface area (Å²) < 4.78 is 35.2. The number of anilines is 3. The molecule has 7 nitrogen and oxygen atoms in total. The Kier molecular flexibility index (Phi) is 6.34. The molecular weight excluding hydrogens is 509 g/mol. The van der Waals surface area contributed by atoms with Gasteiger partial charge in [0.05, 0.1) is 12.8 Å². The molecule has 3 aromatic rings. The molecule has 0 spiro atoms. The highest BCUT2D eigenvalue weighted by Crippen LogP contribution is 2.25. The fourth-order valence-corrected chi connectivity index (χ4v) is 3.36. The van der Waals surface area contributed by atoms with Crippen LogP contribution in [0.15, 0.2) is 41.3 Å². The molecule has 0 atom stereocenters. The van der Waals surface area contributed by atoms with Gasteiger partial charge in [-0.05, 0) is 58.5 Å². The number of nitrogens with one attached hydrogen (secondary N) is 1. The molecule has 0 saturated heterocycles. The van der Waals surface area contributed by atoms with Gasteiger partial charge in [-0.15, -0.1) is 0 Å². The second-order valence-electron chi connectivity index (χ2n) is 6.38. The van der Waals surface area contributed by atoms with Crippen LogP contribution < -0.4 is 16.6 Å². The van der Waals surface area contributed by atoms with E-state index in [4.69, 9.17) is 10.5 Å². The number of nitrogen functional groups attached to an aromatic ring is 1. The van der Waals surface area contributed by atoms with Crippen molar-refractivity contribution >= 4 is 45.9 Å². The van der Waals surface area contributed by atoms with E-state index in [1.54, 1.807) is 6.07 Å². The predicted octanol–water partition coefficient (Wildman–Crippen LogP) is 3.37. The molecule has 0 unspecified atom stereocenters. The maximum Gasteiger partial charge on any atom is 0.341 e. The summed E-state index contributed by atoms with van der Waals surface area (Å²) in [6.45, 7) is 0. The highest BCUT2D eigenvalue weighted by Gasteiger charge is 2.21. The number of carbonyl (C=O) groups excluding carboxylic acids is 1. The lowest BCUT2D eigenvalue weighted by molar-refractivity contribution is 0.0601. The third kappa shape index (κ3) is 4.27. The van der Waals surface area contributed by atoms with Gasteiger partial charge in [0.15, 0.2) is 11.6 Å². The van der Waals surface area contributed by atoms with Gasteiger partial charge in [-0.25, -0.2) is 18.6 Å². The third-order valence-corrected chi connectivity index (χ3v) is 5.13. The van der Waals surface area contributed by atoms with Gasteiger partial charge in [-0.1, -0.05) is 0 Å². The second-order valence-corrected chi connectivity index (χ2v) is 7.63. The zero-order valence-corrected chi connectivity index (χ0v) is 18.2. The fraction of sp³-hybridized carbons (Fsp3) is 0.150. The molecular formula is C20H17F2IN4O3. The summed E-state index contributed by atoms with van der Waals surface area (Å²) in [5.41, 5.74) is 5.36. The van der Waals surface area contributed by atoms with Gasteiger partial charge in [0.1, 0.15) is 17.2 Å². The molecule has 2 aromatic heterocycles. The summed E-state index contributed by atoms with van der Waals surface area (Å²) >= 11 is 1.97. The van der Waals surface area contributed by atoms with E-state index in [0.717, 1.165) is 4.57 Å². The molecule has 1 aromatic carbocycles. The number of nitrogens with two attached hydrogens (primary N) is 1. The molecule has 3 rings (SSSR count). The van der Waals surface area contributed by atoms with E-state index < -0.39 is 23.2 Å². The first kappa shape index (κ1) is 21.7. The number of hydrogen-bond donors (Lipinski definition) is 2. The molecule has 0 aliphatic carbocycles. The van der Waals surface area contributed by atoms with Crippen molar-refractivity contribution in [3.05, 3.63) is 78.8 Å². The minimum Gasteiger partial charge on any atom is -0.465 e. The maximum atomic E-state index is 14.3. The van der Waals surface area contributed by atoms with Crippen LogP contribution in [-0.2, 0) is 18.2 Å². The van der Waals surface area contributed by atoms with E-state index in [0.29, 0.717) is 3.57 Å². The van der Waals surface area contributed by atoms with Gasteiger partial charge in [0.25, 0.3) is 5.56 Å². The highest BCUT2D eigenvalue weighted by atomic mass is 127. The lowest BCUT2D eigenvalue weighted by atomic mass is 10.0. The number of ether oxygens (including phenoxy) is 1. The molecule has 156 valence electrons. The predicted molar refractivity (Wildman–Crippen MR) is 117 cm³/mol. The molecule has 0 saturated carbocycles. The van der Waals surface area contributed by atoms with Crippen molar-refractivity contribution in [3.63, 3.8) is 0 Å². The zero-order valence-electron chi connectivity index (χ0n) is 16.0. The molecule has 2 heterocycles. The Bertz CT molecular complexity index is 1200. The number of aromatic nitrogens is 2. The van der Waals surface area contributed by atoms with Crippen LogP contribution in [0.4, 0.5) is 26.1 Å². The average molecular weight is 526 g/mol. The van der Waals surface area contributed by atoms with E-state index in [2.05, 4.69) is 10.3 Å². The summed E-state index contributed by atoms with van der Waals surface area (Å²) in [6, 6.07) is 7.18. The largest absolute Gasteiger partial charge is 0.465 e. The van der Waals surface area contributed by atoms with Crippen molar-refractivity contribution in [2.45, 2.75) is 6.42 Å². The van der Waals surface area contributed by atoms with Crippen LogP contribution in [0.1, 0.15) is 21.5 Å². The first-order chi connectivity index (χ1) is 14.2. The zero-order chi connectivity index (χ0) is 22.0. The van der Waals surface area contributed by atoms with E-state index in [1.807, 2.05) is 22.6 Å². The van der Waals surface area contributed by atoms with Gasteiger partial charge >= 0.3 is 5.97 Å². The van der Waals surface area contributed by atoms with Gasteiger partial charge in [-0.2, -0.15) is 0 Å². The van der Waals surface area contributed by atoms with Gasteiger partial charge in [0, 0.05) is 28.8 Å². The van der Waals surface area contributed by atoms with Crippen molar-refractivity contribution in [1.82, 2.24) is 9.55 Å². The number of methoxy groups -OCH3 is 1. The van der Waals surface area contributed by atoms with E-state index >= 15 is 0 Å².